The Morgan fingerprint density at radius 2 is 1.65 bits per heavy atom. The van der Waals surface area contributed by atoms with Crippen LogP contribution in [0.5, 0.6) is 5.75 Å². The summed E-state index contributed by atoms with van der Waals surface area (Å²) in [5.74, 6) is 7.07. The largest absolute Gasteiger partial charge is 0.485 e. The quantitative estimate of drug-likeness (QED) is 0.261. The zero-order chi connectivity index (χ0) is 34.2. The van der Waals surface area contributed by atoms with Crippen molar-refractivity contribution in [2.75, 3.05) is 18.8 Å². The van der Waals surface area contributed by atoms with E-state index >= 15 is 0 Å². The summed E-state index contributed by atoms with van der Waals surface area (Å²) in [5, 5.41) is 11.6. The minimum absolute atomic E-state index is 0.191. The van der Waals surface area contributed by atoms with E-state index in [4.69, 9.17) is 15.5 Å². The number of nitrogens with two attached hydrogens (primary N) is 1. The standard InChI is InChI=1S/C38H53FN4O2S/c1-24(39)38(11,44)15-12-25-18-28(32(36(5,6)7)29(19-25)35(2,3)4)23-45-30-20-27(21-41-33(30)40)31-22-42-34(46-31)26-13-16-43(17-14-26)37(8,9)10/h18-22,24,26,44H,13-14,16-17,23H2,1-11H3,(H2,40,41). The summed E-state index contributed by atoms with van der Waals surface area (Å²) in [7, 11) is 0. The van der Waals surface area contributed by atoms with E-state index in [1.165, 1.54) is 24.4 Å². The van der Waals surface area contributed by atoms with Crippen LogP contribution >= 0.6 is 11.3 Å². The number of piperidine rings is 1. The number of alkyl halides is 1. The molecule has 250 valence electrons. The number of aliphatic hydroxyl groups is 1. The van der Waals surface area contributed by atoms with Crippen LogP contribution in [0, 0.1) is 11.8 Å². The second-order valence-corrected chi connectivity index (χ2v) is 17.0. The maximum atomic E-state index is 14.0. The zero-order valence-electron chi connectivity index (χ0n) is 29.6. The Bertz CT molecular complexity index is 1590. The first-order chi connectivity index (χ1) is 21.2. The number of nitrogen functional groups attached to an aromatic ring is 1. The monoisotopic (exact) mass is 648 g/mol. The summed E-state index contributed by atoms with van der Waals surface area (Å²) in [6.45, 7) is 25.0. The Morgan fingerprint density at radius 3 is 2.22 bits per heavy atom. The van der Waals surface area contributed by atoms with Gasteiger partial charge in [0.2, 0.25) is 0 Å². The van der Waals surface area contributed by atoms with E-state index in [1.807, 2.05) is 18.3 Å². The van der Waals surface area contributed by atoms with Crippen LogP contribution in [0.2, 0.25) is 0 Å². The molecule has 0 aliphatic carbocycles. The first-order valence-electron chi connectivity index (χ1n) is 16.3. The van der Waals surface area contributed by atoms with Crippen molar-refractivity contribution in [3.8, 4) is 28.0 Å². The molecule has 1 aromatic carbocycles. The van der Waals surface area contributed by atoms with Crippen molar-refractivity contribution in [3.05, 3.63) is 57.9 Å². The number of pyridine rings is 1. The van der Waals surface area contributed by atoms with Crippen LogP contribution in [0.25, 0.3) is 10.4 Å². The number of anilines is 1. The molecule has 3 N–H and O–H groups in total. The number of benzene rings is 1. The Hall–Kier alpha value is -2.99. The van der Waals surface area contributed by atoms with Gasteiger partial charge in [-0.1, -0.05) is 53.4 Å². The number of likely N-dealkylation sites (tertiary alicyclic amines) is 1. The van der Waals surface area contributed by atoms with E-state index in [0.29, 0.717) is 23.0 Å². The summed E-state index contributed by atoms with van der Waals surface area (Å²) in [5.41, 5.74) is 9.27. The van der Waals surface area contributed by atoms with Crippen molar-refractivity contribution < 1.29 is 14.2 Å². The van der Waals surface area contributed by atoms with Gasteiger partial charge in [-0.25, -0.2) is 14.4 Å². The van der Waals surface area contributed by atoms with Crippen molar-refractivity contribution in [2.45, 2.75) is 130 Å². The normalized spacial score (nSPS) is 17.2. The minimum atomic E-state index is -1.75. The molecular weight excluding hydrogens is 596 g/mol. The van der Waals surface area contributed by atoms with Crippen LogP contribution in [0.3, 0.4) is 0 Å². The minimum Gasteiger partial charge on any atom is -0.485 e. The lowest BCUT2D eigenvalue weighted by Gasteiger charge is -2.40. The van der Waals surface area contributed by atoms with Gasteiger partial charge in [0.05, 0.1) is 9.88 Å². The molecule has 0 saturated carbocycles. The molecule has 2 atom stereocenters. The van der Waals surface area contributed by atoms with Gasteiger partial charge >= 0.3 is 0 Å². The third-order valence-electron chi connectivity index (χ3n) is 8.88. The fourth-order valence-electron chi connectivity index (χ4n) is 5.93. The molecule has 2 unspecified atom stereocenters. The molecule has 1 aliphatic heterocycles. The number of nitrogens with zero attached hydrogens (tertiary/aromatic N) is 3. The van der Waals surface area contributed by atoms with Crippen LogP contribution in [0.1, 0.15) is 122 Å². The van der Waals surface area contributed by atoms with Gasteiger partial charge in [0.15, 0.2) is 17.2 Å². The van der Waals surface area contributed by atoms with E-state index < -0.39 is 11.8 Å². The van der Waals surface area contributed by atoms with Crippen LogP contribution in [-0.4, -0.2) is 50.4 Å². The molecule has 3 heterocycles. The van der Waals surface area contributed by atoms with Crippen molar-refractivity contribution >= 4 is 17.2 Å². The van der Waals surface area contributed by atoms with E-state index in [0.717, 1.165) is 47.5 Å². The summed E-state index contributed by atoms with van der Waals surface area (Å²) in [6, 6.07) is 5.99. The van der Waals surface area contributed by atoms with Crippen molar-refractivity contribution in [2.24, 2.45) is 0 Å². The molecule has 4 rings (SSSR count). The summed E-state index contributed by atoms with van der Waals surface area (Å²) in [4.78, 5) is 12.9. The number of aromatic nitrogens is 2. The number of rotatable bonds is 6. The highest BCUT2D eigenvalue weighted by atomic mass is 32.1. The highest BCUT2D eigenvalue weighted by molar-refractivity contribution is 7.15. The Labute approximate surface area is 280 Å². The van der Waals surface area contributed by atoms with Gasteiger partial charge in [0.1, 0.15) is 12.8 Å². The van der Waals surface area contributed by atoms with Gasteiger partial charge in [0.25, 0.3) is 0 Å². The van der Waals surface area contributed by atoms with Gasteiger partial charge < -0.3 is 15.6 Å². The topological polar surface area (TPSA) is 84.5 Å². The Balaban J connectivity index is 1.63. The number of halogens is 1. The number of hydrogen-bond donors (Lipinski definition) is 2. The molecule has 46 heavy (non-hydrogen) atoms. The lowest BCUT2D eigenvalue weighted by atomic mass is 9.72. The first-order valence-corrected chi connectivity index (χ1v) is 17.2. The smallest absolute Gasteiger partial charge is 0.166 e. The van der Waals surface area contributed by atoms with E-state index in [2.05, 4.69) is 90.1 Å². The molecule has 0 spiro atoms. The molecule has 1 saturated heterocycles. The van der Waals surface area contributed by atoms with Gasteiger partial charge in [-0.2, -0.15) is 0 Å². The van der Waals surface area contributed by atoms with Crippen LogP contribution in [0.15, 0.2) is 30.6 Å². The van der Waals surface area contributed by atoms with Crippen LogP contribution < -0.4 is 10.5 Å². The molecule has 0 bridgehead atoms. The molecule has 8 heteroatoms. The third kappa shape index (κ3) is 8.48. The zero-order valence-corrected chi connectivity index (χ0v) is 30.5. The lowest BCUT2D eigenvalue weighted by Crippen LogP contribution is -2.45. The number of ether oxygens (including phenoxy) is 1. The highest BCUT2D eigenvalue weighted by Gasteiger charge is 2.31. The maximum absolute atomic E-state index is 14.0. The van der Waals surface area contributed by atoms with Crippen molar-refractivity contribution in [1.82, 2.24) is 14.9 Å². The summed E-state index contributed by atoms with van der Waals surface area (Å²) < 4.78 is 20.4. The molecule has 3 aromatic rings. The van der Waals surface area contributed by atoms with Gasteiger partial charge in [-0.3, -0.25) is 4.90 Å². The Morgan fingerprint density at radius 1 is 1.00 bits per heavy atom. The number of thiazole rings is 1. The average Bonchev–Trinajstić information content (AvgIpc) is 3.44. The SMILES string of the molecule is CC(F)C(C)(O)C#Cc1cc(COc2cc(-c3cnc(C4CCN(C(C)(C)C)CC4)s3)cnc2N)c(C(C)(C)C)c(C(C)(C)C)c1. The second kappa shape index (κ2) is 13.3. The molecule has 2 aromatic heterocycles. The average molecular weight is 649 g/mol. The summed E-state index contributed by atoms with van der Waals surface area (Å²) >= 11 is 1.72. The Kier molecular flexibility index (Phi) is 10.3. The van der Waals surface area contributed by atoms with Crippen molar-refractivity contribution in [3.63, 3.8) is 0 Å². The van der Waals surface area contributed by atoms with E-state index in [-0.39, 0.29) is 23.0 Å². The highest BCUT2D eigenvalue weighted by Crippen LogP contribution is 2.40. The van der Waals surface area contributed by atoms with Crippen LogP contribution in [0.4, 0.5) is 10.2 Å². The molecule has 0 radical (unpaired) electrons. The molecule has 1 fully saturated rings. The van der Waals surface area contributed by atoms with Gasteiger partial charge in [-0.05, 0) is 106 Å². The molecule has 0 amide bonds. The predicted molar refractivity (Wildman–Crippen MR) is 189 cm³/mol. The van der Waals surface area contributed by atoms with Crippen LogP contribution in [-0.2, 0) is 17.4 Å². The number of hydrogen-bond acceptors (Lipinski definition) is 7. The van der Waals surface area contributed by atoms with Crippen molar-refractivity contribution in [1.29, 1.82) is 0 Å². The molecular formula is C38H53FN4O2S. The summed E-state index contributed by atoms with van der Waals surface area (Å²) in [6.07, 6.45) is 4.46. The second-order valence-electron chi connectivity index (χ2n) is 16.0. The van der Waals surface area contributed by atoms with Gasteiger partial charge in [-0.15, -0.1) is 11.3 Å². The molecule has 1 aliphatic rings. The fraction of sp³-hybridized carbons (Fsp3) is 0.579. The third-order valence-corrected chi connectivity index (χ3v) is 10.1. The maximum Gasteiger partial charge on any atom is 0.166 e. The lowest BCUT2D eigenvalue weighted by molar-refractivity contribution is 0.0411. The first kappa shape index (κ1) is 35.9. The molecule has 6 nitrogen and oxygen atoms in total. The fourth-order valence-corrected chi connectivity index (χ4v) is 7.00. The van der Waals surface area contributed by atoms with E-state index in [1.54, 1.807) is 17.5 Å². The predicted octanol–water partition coefficient (Wildman–Crippen LogP) is 8.40. The van der Waals surface area contributed by atoms with E-state index in [9.17, 15) is 9.50 Å². The van der Waals surface area contributed by atoms with Gasteiger partial charge in [0, 0.05) is 35.0 Å².